The molecule has 3 nitrogen and oxygen atoms in total. The Morgan fingerprint density at radius 2 is 1.94 bits per heavy atom. The van der Waals surface area contributed by atoms with Crippen LogP contribution in [0.25, 0.3) is 0 Å². The van der Waals surface area contributed by atoms with Crippen molar-refractivity contribution in [3.05, 3.63) is 29.8 Å². The first-order chi connectivity index (χ1) is 7.54. The number of hydrogen-bond acceptors (Lipinski definition) is 2. The minimum absolute atomic E-state index is 0.190. The minimum atomic E-state index is 0.190. The predicted octanol–water partition coefficient (Wildman–Crippen LogP) is 4.30. The van der Waals surface area contributed by atoms with Crippen LogP contribution in [0.15, 0.2) is 28.8 Å². The summed E-state index contributed by atoms with van der Waals surface area (Å²) in [4.78, 5) is 3.02. The van der Waals surface area contributed by atoms with E-state index >= 15 is 0 Å². The van der Waals surface area contributed by atoms with Crippen LogP contribution in [0.2, 0.25) is 0 Å². The molecule has 0 saturated heterocycles. The van der Waals surface area contributed by atoms with E-state index in [-0.39, 0.29) is 14.4 Å². The minimum Gasteiger partial charge on any atom is -0.460 e. The van der Waals surface area contributed by atoms with Gasteiger partial charge in [-0.15, -0.1) is 0 Å². The number of nitrogens with one attached hydrogen (secondary N) is 1. The van der Waals surface area contributed by atoms with Crippen molar-refractivity contribution in [1.29, 1.82) is 0 Å². The molecule has 0 aliphatic carbocycles. The second kappa shape index (κ2) is 6.62. The summed E-state index contributed by atoms with van der Waals surface area (Å²) in [6, 6.07) is 8.23. The van der Waals surface area contributed by atoms with Crippen LogP contribution in [-0.2, 0) is 5.41 Å². The lowest BCUT2D eigenvalue weighted by molar-refractivity contribution is 0.585. The maximum atomic E-state index is 5.52. The van der Waals surface area contributed by atoms with E-state index in [0.29, 0.717) is 0 Å². The molecule has 2 atom stereocenters. The van der Waals surface area contributed by atoms with Crippen LogP contribution in [0.5, 0.6) is 5.75 Å². The van der Waals surface area contributed by atoms with Crippen LogP contribution in [-0.4, -0.2) is 0 Å². The van der Waals surface area contributed by atoms with Gasteiger partial charge in [0.1, 0.15) is 14.3 Å². The Bertz CT molecular complexity index is 346. The van der Waals surface area contributed by atoms with Gasteiger partial charge < -0.3 is 4.52 Å². The molecule has 16 heavy (non-hydrogen) atoms. The monoisotopic (exact) mass is 274 g/mol. The fourth-order valence-electron chi connectivity index (χ4n) is 1.15. The molecule has 2 unspecified atom stereocenters. The summed E-state index contributed by atoms with van der Waals surface area (Å²) in [5.74, 6) is 0.887. The fourth-order valence-corrected chi connectivity index (χ4v) is 2.50. The zero-order valence-corrected chi connectivity index (χ0v) is 12.7. The van der Waals surface area contributed by atoms with Crippen LogP contribution >= 0.6 is 26.9 Å². The molecule has 0 aliphatic heterocycles. The van der Waals surface area contributed by atoms with Crippen molar-refractivity contribution in [2.75, 3.05) is 0 Å². The molecule has 1 aromatic carbocycles. The Balaban J connectivity index is 2.52. The molecule has 1 aromatic rings. The highest BCUT2D eigenvalue weighted by Crippen LogP contribution is 2.26. The summed E-state index contributed by atoms with van der Waals surface area (Å²) >= 11 is 0. The van der Waals surface area contributed by atoms with Crippen molar-refractivity contribution in [2.24, 2.45) is 4.52 Å². The van der Waals surface area contributed by atoms with Gasteiger partial charge >= 0.3 is 0 Å². The van der Waals surface area contributed by atoms with Gasteiger partial charge in [-0.3, -0.25) is 0 Å². The Hall–Kier alpha value is -0.0600. The lowest BCUT2D eigenvalue weighted by Gasteiger charge is -2.19. The van der Waals surface area contributed by atoms with Crippen molar-refractivity contribution in [1.82, 2.24) is 4.86 Å². The normalized spacial score (nSPS) is 12.8. The topological polar surface area (TPSA) is 33.6 Å². The van der Waals surface area contributed by atoms with Gasteiger partial charge in [-0.1, -0.05) is 32.9 Å². The molecule has 0 fully saturated rings. The average Bonchev–Trinajstić information content (AvgIpc) is 2.24. The van der Waals surface area contributed by atoms with Gasteiger partial charge in [-0.2, -0.15) is 0 Å². The van der Waals surface area contributed by atoms with Crippen LogP contribution in [0.1, 0.15) is 26.3 Å². The van der Waals surface area contributed by atoms with Gasteiger partial charge in [-0.05, 0) is 32.5 Å². The van der Waals surface area contributed by atoms with Crippen LogP contribution in [0.4, 0.5) is 0 Å². The Morgan fingerprint density at radius 1 is 1.31 bits per heavy atom. The third-order valence-corrected chi connectivity index (χ3v) is 3.61. The second-order valence-corrected chi connectivity index (χ2v) is 6.73. The molecule has 0 aromatic heterocycles. The van der Waals surface area contributed by atoms with Crippen molar-refractivity contribution >= 4 is 26.9 Å². The summed E-state index contributed by atoms with van der Waals surface area (Å²) in [5, 5.41) is 0. The smallest absolute Gasteiger partial charge is 0.155 e. The van der Waals surface area contributed by atoms with E-state index in [2.05, 4.69) is 51.7 Å². The third-order valence-electron chi connectivity index (χ3n) is 2.04. The van der Waals surface area contributed by atoms with Gasteiger partial charge in [0.05, 0.1) is 0 Å². The van der Waals surface area contributed by atoms with Crippen molar-refractivity contribution in [2.45, 2.75) is 26.2 Å². The van der Waals surface area contributed by atoms with E-state index in [0.717, 1.165) is 14.3 Å². The van der Waals surface area contributed by atoms with Crippen molar-refractivity contribution in [3.8, 4) is 5.75 Å². The first kappa shape index (κ1) is 14.0. The van der Waals surface area contributed by atoms with Crippen molar-refractivity contribution in [3.63, 3.8) is 0 Å². The van der Waals surface area contributed by atoms with Gasteiger partial charge in [0.2, 0.25) is 0 Å². The van der Waals surface area contributed by atoms with Gasteiger partial charge in [0, 0.05) is 0 Å². The Morgan fingerprint density at radius 3 is 2.44 bits per heavy atom. The van der Waals surface area contributed by atoms with Gasteiger partial charge in [-0.25, -0.2) is 9.37 Å². The van der Waals surface area contributed by atoms with E-state index < -0.39 is 0 Å². The highest BCUT2D eigenvalue weighted by molar-refractivity contribution is 7.46. The largest absolute Gasteiger partial charge is 0.460 e. The van der Waals surface area contributed by atoms with Crippen LogP contribution < -0.4 is 9.38 Å². The summed E-state index contributed by atoms with van der Waals surface area (Å²) in [6.07, 6.45) is 0. The first-order valence-corrected chi connectivity index (χ1v) is 7.18. The van der Waals surface area contributed by atoms with Crippen LogP contribution in [0, 0.1) is 0 Å². The molecule has 0 amide bonds. The maximum Gasteiger partial charge on any atom is 0.155 e. The number of rotatable bonds is 4. The molecule has 88 valence electrons. The zero-order valence-electron chi connectivity index (χ0n) is 9.69. The summed E-state index contributed by atoms with van der Waals surface area (Å²) in [6.45, 7) is 6.60. The van der Waals surface area contributed by atoms with E-state index in [9.17, 15) is 0 Å². The van der Waals surface area contributed by atoms with Gasteiger partial charge in [0.25, 0.3) is 0 Å². The molecule has 0 heterocycles. The second-order valence-electron chi connectivity index (χ2n) is 4.31. The maximum absolute atomic E-state index is 5.52. The van der Waals surface area contributed by atoms with Gasteiger partial charge in [0.15, 0.2) is 8.96 Å². The molecule has 0 bridgehead atoms. The highest BCUT2D eigenvalue weighted by Gasteiger charge is 2.12. The molecule has 1 rings (SSSR count). The third kappa shape index (κ3) is 4.85. The molecule has 0 spiro atoms. The molecule has 6 heteroatoms. The first-order valence-electron chi connectivity index (χ1n) is 4.91. The molecule has 0 aliphatic rings. The zero-order chi connectivity index (χ0) is 12.0. The predicted molar refractivity (Wildman–Crippen MR) is 76.3 cm³/mol. The number of benzene rings is 1. The summed E-state index contributed by atoms with van der Waals surface area (Å²) in [5.41, 5.74) is 1.50. The summed E-state index contributed by atoms with van der Waals surface area (Å²) < 4.78 is 9.33. The fraction of sp³-hybridized carbons (Fsp3) is 0.400. The standard InChI is InChI=1S/C10H17N2OP3/c1-10(2,3)8-4-6-9(7-5-8)13-16-12-15-11-14/h4-7,16H,14H2,1-3H3,(H,11,12). The summed E-state index contributed by atoms with van der Waals surface area (Å²) in [7, 11) is 3.35. The van der Waals surface area contributed by atoms with Crippen molar-refractivity contribution < 1.29 is 4.52 Å². The van der Waals surface area contributed by atoms with E-state index in [1.54, 1.807) is 0 Å². The quantitative estimate of drug-likeness (QED) is 0.656. The highest BCUT2D eigenvalue weighted by atomic mass is 31.1. The lowest BCUT2D eigenvalue weighted by Crippen LogP contribution is -2.10. The molecule has 0 radical (unpaired) electrons. The van der Waals surface area contributed by atoms with E-state index in [1.807, 2.05) is 12.1 Å². The molecule has 0 saturated carbocycles. The average molecular weight is 274 g/mol. The Kier molecular flexibility index (Phi) is 5.79. The number of hydrogen-bond donors (Lipinski definition) is 1. The SMILES string of the molecule is CC(C)(C)c1ccc(OPNP=NP)cc1. The lowest BCUT2D eigenvalue weighted by atomic mass is 9.87. The van der Waals surface area contributed by atoms with Crippen LogP contribution in [0.3, 0.4) is 0 Å². The molecular weight excluding hydrogens is 257 g/mol. The number of nitrogens with zero attached hydrogens (tertiary/aromatic N) is 1. The molecular formula is C10H17N2OP3. The Labute approximate surface area is 103 Å². The van der Waals surface area contributed by atoms with E-state index in [1.165, 1.54) is 5.56 Å². The van der Waals surface area contributed by atoms with E-state index in [4.69, 9.17) is 4.52 Å². The molecule has 1 N–H and O–H groups in total.